The van der Waals surface area contributed by atoms with Crippen LogP contribution < -0.4 is 20.1 Å². The third-order valence-corrected chi connectivity index (χ3v) is 11.8. The number of amides is 1. The Morgan fingerprint density at radius 1 is 1.02 bits per heavy atom. The maximum Gasteiger partial charge on any atom is 0.307 e. The van der Waals surface area contributed by atoms with Gasteiger partial charge in [-0.2, -0.15) is 4.98 Å². The van der Waals surface area contributed by atoms with Crippen LogP contribution in [0.25, 0.3) is 11.1 Å². The molecule has 8 rings (SSSR count). The lowest BCUT2D eigenvalue weighted by Gasteiger charge is -2.23. The van der Waals surface area contributed by atoms with Crippen molar-refractivity contribution in [2.75, 3.05) is 33.3 Å². The summed E-state index contributed by atoms with van der Waals surface area (Å²) in [4.78, 5) is 35.0. The van der Waals surface area contributed by atoms with Gasteiger partial charge in [0.2, 0.25) is 23.6 Å². The standard InChI is InChI=1S/C41H45Cl2N5O6/c1-52-38-23(19-44-20-26-9-15-36(49)45-26)8-13-34(46-38)32-7-3-6-31(37(32)43)28-4-2-5-30-29(28)12-14-35(30)54-40-33(42)18-25(39(47-40)53-27-10-11-27)22-48-17-16-24(21-48)41(50)51/h2-8,18,24,26-27,34-35,44H,9-17,19-22H2,1H3,(H,45,49)(H,50,51)/t24-,26+,34?,35+/m1/s1. The molecule has 1 saturated carbocycles. The van der Waals surface area contributed by atoms with Gasteiger partial charge in [0.15, 0.2) is 0 Å². The number of aliphatic imine (C=N–C) groups is 1. The molecule has 5 aliphatic rings. The molecule has 284 valence electrons. The van der Waals surface area contributed by atoms with Crippen molar-refractivity contribution in [2.45, 2.75) is 82.2 Å². The number of carboxylic acids is 1. The number of rotatable bonds is 13. The Labute approximate surface area is 325 Å². The molecule has 3 N–H and O–H groups in total. The van der Waals surface area contributed by atoms with E-state index >= 15 is 0 Å². The number of fused-ring (bicyclic) bond motifs is 1. The van der Waals surface area contributed by atoms with Crippen molar-refractivity contribution in [3.63, 3.8) is 0 Å². The number of ether oxygens (including phenoxy) is 3. The predicted octanol–water partition coefficient (Wildman–Crippen LogP) is 6.85. The van der Waals surface area contributed by atoms with E-state index in [1.165, 1.54) is 5.56 Å². The zero-order valence-corrected chi connectivity index (χ0v) is 31.8. The van der Waals surface area contributed by atoms with Gasteiger partial charge in [-0.25, -0.2) is 4.99 Å². The fourth-order valence-electron chi connectivity index (χ4n) is 8.05. The molecule has 1 amide bonds. The van der Waals surface area contributed by atoms with Crippen LogP contribution >= 0.6 is 23.2 Å². The monoisotopic (exact) mass is 773 g/mol. The molecule has 11 nitrogen and oxygen atoms in total. The molecule has 4 heterocycles. The summed E-state index contributed by atoms with van der Waals surface area (Å²) in [6.45, 7) is 3.01. The van der Waals surface area contributed by atoms with E-state index in [1.807, 2.05) is 24.3 Å². The van der Waals surface area contributed by atoms with E-state index in [2.05, 4.69) is 39.8 Å². The maximum absolute atomic E-state index is 11.6. The minimum absolute atomic E-state index is 0.110. The summed E-state index contributed by atoms with van der Waals surface area (Å²) >= 11 is 14.1. The Balaban J connectivity index is 0.982. The highest BCUT2D eigenvalue weighted by Gasteiger charge is 2.33. The fourth-order valence-corrected chi connectivity index (χ4v) is 8.63. The highest BCUT2D eigenvalue weighted by Crippen LogP contribution is 2.45. The quantitative estimate of drug-likeness (QED) is 0.171. The third kappa shape index (κ3) is 7.96. The zero-order chi connectivity index (χ0) is 37.3. The molecule has 0 radical (unpaired) electrons. The van der Waals surface area contributed by atoms with Crippen LogP contribution in [0.2, 0.25) is 10.0 Å². The van der Waals surface area contributed by atoms with E-state index in [0.717, 1.165) is 65.5 Å². The van der Waals surface area contributed by atoms with Gasteiger partial charge in [-0.05, 0) is 79.8 Å². The second-order valence-corrected chi connectivity index (χ2v) is 15.7. The lowest BCUT2D eigenvalue weighted by Crippen LogP contribution is -2.37. The van der Waals surface area contributed by atoms with Crippen LogP contribution in [0.5, 0.6) is 11.8 Å². The highest BCUT2D eigenvalue weighted by molar-refractivity contribution is 6.34. The maximum atomic E-state index is 11.6. The first-order chi connectivity index (χ1) is 26.2. The molecule has 2 saturated heterocycles. The van der Waals surface area contributed by atoms with Gasteiger partial charge in [-0.1, -0.05) is 65.7 Å². The number of likely N-dealkylation sites (tertiary alicyclic amines) is 1. The minimum Gasteiger partial charge on any atom is -0.481 e. The van der Waals surface area contributed by atoms with Gasteiger partial charge in [0.25, 0.3) is 0 Å². The number of hydrogen-bond acceptors (Lipinski definition) is 9. The van der Waals surface area contributed by atoms with Crippen LogP contribution in [0.15, 0.2) is 59.1 Å². The predicted molar refractivity (Wildman–Crippen MR) is 206 cm³/mol. The van der Waals surface area contributed by atoms with Crippen molar-refractivity contribution in [1.82, 2.24) is 20.5 Å². The van der Waals surface area contributed by atoms with Crippen molar-refractivity contribution in [1.29, 1.82) is 0 Å². The van der Waals surface area contributed by atoms with E-state index in [1.54, 1.807) is 7.11 Å². The number of nitrogens with zero attached hydrogens (tertiary/aromatic N) is 3. The topological polar surface area (TPSA) is 135 Å². The number of nitrogens with one attached hydrogen (secondary N) is 2. The van der Waals surface area contributed by atoms with Crippen molar-refractivity contribution in [3.8, 4) is 22.9 Å². The van der Waals surface area contributed by atoms with Gasteiger partial charge in [-0.15, -0.1) is 0 Å². The number of aliphatic carboxylic acids is 1. The number of methoxy groups -OCH3 is 1. The Hall–Kier alpha value is -4.16. The lowest BCUT2D eigenvalue weighted by atomic mass is 9.92. The molecule has 13 heteroatoms. The summed E-state index contributed by atoms with van der Waals surface area (Å²) in [5.41, 5.74) is 7.04. The van der Waals surface area contributed by atoms with Crippen molar-refractivity contribution in [2.24, 2.45) is 10.9 Å². The molecular formula is C41H45Cl2N5O6. The molecule has 0 spiro atoms. The van der Waals surface area contributed by atoms with Gasteiger partial charge in [-0.3, -0.25) is 14.5 Å². The minimum atomic E-state index is -0.759. The highest BCUT2D eigenvalue weighted by atomic mass is 35.5. The Kier molecular flexibility index (Phi) is 10.8. The number of carbonyl (C=O) groups is 2. The summed E-state index contributed by atoms with van der Waals surface area (Å²) in [5.74, 6) is 0.415. The number of hydrogen-bond donors (Lipinski definition) is 3. The van der Waals surface area contributed by atoms with Crippen molar-refractivity contribution >= 4 is 41.0 Å². The average Bonchev–Trinajstić information content (AvgIpc) is 3.48. The number of pyridine rings is 1. The van der Waals surface area contributed by atoms with Gasteiger partial charge in [0.1, 0.15) is 17.2 Å². The third-order valence-electron chi connectivity index (χ3n) is 11.1. The molecule has 3 aromatic rings. The Morgan fingerprint density at radius 3 is 2.57 bits per heavy atom. The molecule has 54 heavy (non-hydrogen) atoms. The smallest absolute Gasteiger partial charge is 0.307 e. The first-order valence-electron chi connectivity index (χ1n) is 18.9. The molecule has 1 aromatic heterocycles. The molecule has 3 aliphatic heterocycles. The second-order valence-electron chi connectivity index (χ2n) is 14.9. The van der Waals surface area contributed by atoms with Crippen molar-refractivity contribution in [3.05, 3.63) is 86.4 Å². The number of dihydropyridines is 1. The zero-order valence-electron chi connectivity index (χ0n) is 30.3. The number of halogens is 2. The molecule has 1 unspecified atom stereocenters. The van der Waals surface area contributed by atoms with Crippen LogP contribution in [-0.2, 0) is 27.3 Å². The van der Waals surface area contributed by atoms with E-state index in [9.17, 15) is 14.7 Å². The number of benzene rings is 2. The van der Waals surface area contributed by atoms with Crippen LogP contribution in [0.1, 0.15) is 79.3 Å². The number of aromatic nitrogens is 1. The molecule has 4 atom stereocenters. The lowest BCUT2D eigenvalue weighted by molar-refractivity contribution is -0.141. The summed E-state index contributed by atoms with van der Waals surface area (Å²) in [6.07, 6.45) is 8.29. The Morgan fingerprint density at radius 2 is 1.83 bits per heavy atom. The van der Waals surface area contributed by atoms with E-state index in [0.29, 0.717) is 79.7 Å². The number of carbonyl (C=O) groups excluding carboxylic acids is 1. The molecule has 0 bridgehead atoms. The van der Waals surface area contributed by atoms with Gasteiger partial charge in [0, 0.05) is 55.3 Å². The largest absolute Gasteiger partial charge is 0.481 e. The Bertz CT molecular complexity index is 2000. The van der Waals surface area contributed by atoms with Crippen LogP contribution in [0, 0.1) is 5.92 Å². The molecular weight excluding hydrogens is 729 g/mol. The normalized spacial score (nSPS) is 23.8. The van der Waals surface area contributed by atoms with Gasteiger partial charge < -0.3 is 30.0 Å². The fraction of sp³-hybridized carbons (Fsp3) is 0.463. The van der Waals surface area contributed by atoms with Crippen LogP contribution in [0.4, 0.5) is 0 Å². The summed E-state index contributed by atoms with van der Waals surface area (Å²) in [5, 5.41) is 17.0. The second kappa shape index (κ2) is 15.9. The van der Waals surface area contributed by atoms with E-state index in [4.69, 9.17) is 47.4 Å². The van der Waals surface area contributed by atoms with E-state index in [-0.39, 0.29) is 36.1 Å². The summed E-state index contributed by atoms with van der Waals surface area (Å²) in [7, 11) is 1.64. The van der Waals surface area contributed by atoms with Gasteiger partial charge >= 0.3 is 5.97 Å². The first-order valence-corrected chi connectivity index (χ1v) is 19.7. The van der Waals surface area contributed by atoms with Crippen LogP contribution in [0.3, 0.4) is 0 Å². The first kappa shape index (κ1) is 36.8. The molecule has 2 aromatic carbocycles. The van der Waals surface area contributed by atoms with E-state index < -0.39 is 5.97 Å². The summed E-state index contributed by atoms with van der Waals surface area (Å²) in [6, 6.07) is 14.2. The number of carboxylic acid groups (broad SMARTS) is 1. The van der Waals surface area contributed by atoms with Gasteiger partial charge in [0.05, 0.1) is 24.1 Å². The summed E-state index contributed by atoms with van der Waals surface area (Å²) < 4.78 is 18.5. The molecule has 3 fully saturated rings. The van der Waals surface area contributed by atoms with Crippen molar-refractivity contribution < 1.29 is 28.9 Å². The average molecular weight is 775 g/mol. The molecule has 2 aliphatic carbocycles. The SMILES string of the molecule is COC1=NC(c2cccc(-c3cccc4c3CC[C@@H]4Oc3nc(OC4CC4)c(CN4CC[C@@H](C(=O)O)C4)cc3Cl)c2Cl)CC=C1CNC[C@@H]1CCC(=O)N1. The van der Waals surface area contributed by atoms with Crippen LogP contribution in [-0.4, -0.2) is 78.2 Å².